The summed E-state index contributed by atoms with van der Waals surface area (Å²) in [6, 6.07) is 10.7. The van der Waals surface area contributed by atoms with Gasteiger partial charge in [0.2, 0.25) is 0 Å². The number of hydrogen-bond acceptors (Lipinski definition) is 6. The maximum Gasteiger partial charge on any atom is 0.256 e. The number of fused-ring (bicyclic) bond motifs is 1. The molecule has 30 heavy (non-hydrogen) atoms. The summed E-state index contributed by atoms with van der Waals surface area (Å²) in [5.41, 5.74) is 7.26. The summed E-state index contributed by atoms with van der Waals surface area (Å²) < 4.78 is 5.87. The van der Waals surface area contributed by atoms with E-state index in [9.17, 15) is 4.79 Å². The predicted octanol–water partition coefficient (Wildman–Crippen LogP) is 2.40. The number of para-hydroxylation sites is 1. The SMILES string of the molecule is COC1CN(c2nc3ccccc3cc2C(=O)NC(C)N)CCC1NC1CCCC1. The highest BCUT2D eigenvalue weighted by molar-refractivity contribution is 6.02. The number of nitrogens with two attached hydrogens (primary N) is 1. The number of pyridine rings is 1. The van der Waals surface area contributed by atoms with Crippen molar-refractivity contribution in [3.63, 3.8) is 0 Å². The minimum Gasteiger partial charge on any atom is -0.378 e. The van der Waals surface area contributed by atoms with Crippen LogP contribution in [0.4, 0.5) is 5.82 Å². The van der Waals surface area contributed by atoms with Crippen molar-refractivity contribution in [1.29, 1.82) is 0 Å². The molecule has 1 saturated carbocycles. The lowest BCUT2D eigenvalue weighted by Gasteiger charge is -2.40. The number of carbonyl (C=O) groups is 1. The first-order valence-electron chi connectivity index (χ1n) is 11.0. The zero-order valence-electron chi connectivity index (χ0n) is 17.9. The molecule has 2 aliphatic rings. The molecule has 0 spiro atoms. The van der Waals surface area contributed by atoms with E-state index in [-0.39, 0.29) is 12.0 Å². The standard InChI is InChI=1S/C23H33N5O2/c1-15(24)25-23(29)18-13-16-7-3-6-10-19(16)27-22(18)28-12-11-20(21(14-28)30-2)26-17-8-4-5-9-17/h3,6-7,10,13,15,17,20-21,26H,4-5,8-9,11-12,14,24H2,1-2H3,(H,25,29). The summed E-state index contributed by atoms with van der Waals surface area (Å²) in [7, 11) is 1.77. The number of piperidine rings is 1. The third-order valence-electron chi connectivity index (χ3n) is 6.27. The van der Waals surface area contributed by atoms with Gasteiger partial charge in [0.15, 0.2) is 0 Å². The fourth-order valence-electron chi connectivity index (χ4n) is 4.73. The number of aromatic nitrogens is 1. The molecule has 0 radical (unpaired) electrons. The van der Waals surface area contributed by atoms with Crippen molar-refractivity contribution in [1.82, 2.24) is 15.6 Å². The van der Waals surface area contributed by atoms with Gasteiger partial charge in [-0.25, -0.2) is 4.98 Å². The van der Waals surface area contributed by atoms with Crippen LogP contribution < -0.4 is 21.3 Å². The Balaban J connectivity index is 1.60. The van der Waals surface area contributed by atoms with Crippen molar-refractivity contribution in [2.45, 2.75) is 63.4 Å². The first-order chi connectivity index (χ1) is 14.5. The number of benzene rings is 1. The van der Waals surface area contributed by atoms with E-state index in [0.29, 0.717) is 30.0 Å². The van der Waals surface area contributed by atoms with Crippen LogP contribution >= 0.6 is 0 Å². The van der Waals surface area contributed by atoms with Gasteiger partial charge in [0.1, 0.15) is 5.82 Å². The van der Waals surface area contributed by atoms with E-state index in [1.165, 1.54) is 25.7 Å². The Kier molecular flexibility index (Phi) is 6.51. The van der Waals surface area contributed by atoms with E-state index in [1.54, 1.807) is 14.0 Å². The zero-order valence-corrected chi connectivity index (χ0v) is 17.9. The van der Waals surface area contributed by atoms with Crippen LogP contribution in [0.3, 0.4) is 0 Å². The summed E-state index contributed by atoms with van der Waals surface area (Å²) in [6.07, 6.45) is 5.72. The van der Waals surface area contributed by atoms with Gasteiger partial charge >= 0.3 is 0 Å². The molecule has 3 unspecified atom stereocenters. The molecule has 1 saturated heterocycles. The Morgan fingerprint density at radius 2 is 2.03 bits per heavy atom. The zero-order chi connectivity index (χ0) is 21.1. The van der Waals surface area contributed by atoms with Gasteiger partial charge < -0.3 is 26.0 Å². The highest BCUT2D eigenvalue weighted by Gasteiger charge is 2.33. The van der Waals surface area contributed by atoms with E-state index < -0.39 is 6.17 Å². The van der Waals surface area contributed by atoms with Gasteiger partial charge in [-0.15, -0.1) is 0 Å². The van der Waals surface area contributed by atoms with Crippen molar-refractivity contribution >= 4 is 22.6 Å². The lowest BCUT2D eigenvalue weighted by molar-refractivity contribution is 0.0557. The second kappa shape index (κ2) is 9.29. The van der Waals surface area contributed by atoms with Crippen LogP contribution in [-0.4, -0.2) is 55.4 Å². The molecule has 7 nitrogen and oxygen atoms in total. The summed E-state index contributed by atoms with van der Waals surface area (Å²) in [4.78, 5) is 20.0. The molecule has 7 heteroatoms. The fraction of sp³-hybridized carbons (Fsp3) is 0.565. The highest BCUT2D eigenvalue weighted by atomic mass is 16.5. The molecule has 1 amide bonds. The normalized spacial score (nSPS) is 23.6. The monoisotopic (exact) mass is 411 g/mol. The minimum absolute atomic E-state index is 0.0527. The summed E-state index contributed by atoms with van der Waals surface area (Å²) in [5, 5.41) is 7.57. The highest BCUT2D eigenvalue weighted by Crippen LogP contribution is 2.28. The smallest absolute Gasteiger partial charge is 0.256 e. The summed E-state index contributed by atoms with van der Waals surface area (Å²) in [5.74, 6) is 0.506. The van der Waals surface area contributed by atoms with Crippen LogP contribution in [0.15, 0.2) is 30.3 Å². The van der Waals surface area contributed by atoms with Gasteiger partial charge in [-0.2, -0.15) is 0 Å². The van der Waals surface area contributed by atoms with Gasteiger partial charge in [-0.05, 0) is 38.3 Å². The number of methoxy groups -OCH3 is 1. The number of amides is 1. The van der Waals surface area contributed by atoms with Crippen LogP contribution in [0.2, 0.25) is 0 Å². The van der Waals surface area contributed by atoms with Crippen LogP contribution in [0.5, 0.6) is 0 Å². The van der Waals surface area contributed by atoms with Crippen LogP contribution in [-0.2, 0) is 4.74 Å². The molecule has 2 fully saturated rings. The molecule has 2 aromatic rings. The molecule has 1 aromatic heterocycles. The molecular formula is C23H33N5O2. The fourth-order valence-corrected chi connectivity index (χ4v) is 4.73. The molecule has 0 bridgehead atoms. The van der Waals surface area contributed by atoms with Crippen molar-refractivity contribution in [3.05, 3.63) is 35.9 Å². The maximum atomic E-state index is 12.9. The Labute approximate surface area is 178 Å². The number of carbonyl (C=O) groups excluding carboxylic acids is 1. The van der Waals surface area contributed by atoms with E-state index >= 15 is 0 Å². The third-order valence-corrected chi connectivity index (χ3v) is 6.27. The first-order valence-corrected chi connectivity index (χ1v) is 11.0. The average molecular weight is 412 g/mol. The van der Waals surface area contributed by atoms with E-state index in [4.69, 9.17) is 15.5 Å². The van der Waals surface area contributed by atoms with Gasteiger partial charge in [0, 0.05) is 37.7 Å². The third kappa shape index (κ3) is 4.58. The van der Waals surface area contributed by atoms with E-state index in [2.05, 4.69) is 15.5 Å². The van der Waals surface area contributed by atoms with Crippen LogP contribution in [0, 0.1) is 0 Å². The second-order valence-corrected chi connectivity index (χ2v) is 8.58. The Bertz CT molecular complexity index is 881. The molecule has 162 valence electrons. The Morgan fingerprint density at radius 3 is 2.77 bits per heavy atom. The quantitative estimate of drug-likeness (QED) is 0.632. The number of anilines is 1. The molecule has 4 rings (SSSR count). The first kappa shape index (κ1) is 21.0. The van der Waals surface area contributed by atoms with Crippen molar-refractivity contribution in [3.8, 4) is 0 Å². The van der Waals surface area contributed by atoms with Gasteiger partial charge in [0.05, 0.1) is 23.3 Å². The molecule has 3 atom stereocenters. The number of hydrogen-bond donors (Lipinski definition) is 3. The number of rotatable bonds is 6. The average Bonchev–Trinajstić information content (AvgIpc) is 3.25. The number of ether oxygens (including phenoxy) is 1. The molecule has 1 aliphatic carbocycles. The Hall–Kier alpha value is -2.22. The molecular weight excluding hydrogens is 378 g/mol. The van der Waals surface area contributed by atoms with Crippen molar-refractivity contribution in [2.24, 2.45) is 5.73 Å². The lowest BCUT2D eigenvalue weighted by Crippen LogP contribution is -2.56. The van der Waals surface area contributed by atoms with Crippen LogP contribution in [0.1, 0.15) is 49.4 Å². The number of nitrogens with zero attached hydrogens (tertiary/aromatic N) is 2. The van der Waals surface area contributed by atoms with Gasteiger partial charge in [-0.3, -0.25) is 4.79 Å². The summed E-state index contributed by atoms with van der Waals surface area (Å²) in [6.45, 7) is 3.28. The van der Waals surface area contributed by atoms with Crippen LogP contribution in [0.25, 0.3) is 10.9 Å². The van der Waals surface area contributed by atoms with E-state index in [1.807, 2.05) is 30.3 Å². The molecule has 2 heterocycles. The van der Waals surface area contributed by atoms with Crippen molar-refractivity contribution < 1.29 is 9.53 Å². The second-order valence-electron chi connectivity index (χ2n) is 8.58. The largest absolute Gasteiger partial charge is 0.378 e. The minimum atomic E-state index is -0.426. The summed E-state index contributed by atoms with van der Waals surface area (Å²) >= 11 is 0. The predicted molar refractivity (Wildman–Crippen MR) is 120 cm³/mol. The topological polar surface area (TPSA) is 92.5 Å². The molecule has 1 aliphatic heterocycles. The Morgan fingerprint density at radius 1 is 1.27 bits per heavy atom. The van der Waals surface area contributed by atoms with Gasteiger partial charge in [0.25, 0.3) is 5.91 Å². The molecule has 1 aromatic carbocycles. The van der Waals surface area contributed by atoms with E-state index in [0.717, 1.165) is 23.9 Å². The lowest BCUT2D eigenvalue weighted by atomic mass is 9.99. The molecule has 4 N–H and O–H groups in total. The van der Waals surface area contributed by atoms with Crippen molar-refractivity contribution in [2.75, 3.05) is 25.1 Å². The maximum absolute atomic E-state index is 12.9. The number of nitrogens with one attached hydrogen (secondary N) is 2. The van der Waals surface area contributed by atoms with Gasteiger partial charge in [-0.1, -0.05) is 31.0 Å².